The maximum atomic E-state index is 13.1. The monoisotopic (exact) mass is 410 g/mol. The van der Waals surface area contributed by atoms with Gasteiger partial charge in [-0.15, -0.1) is 0 Å². The summed E-state index contributed by atoms with van der Waals surface area (Å²) in [4.78, 5) is 27.0. The number of nitro groups is 1. The second-order valence-electron chi connectivity index (χ2n) is 7.10. The molecule has 1 aliphatic heterocycles. The summed E-state index contributed by atoms with van der Waals surface area (Å²) < 4.78 is 0. The van der Waals surface area contributed by atoms with E-state index in [0.717, 1.165) is 22.5 Å². The highest BCUT2D eigenvalue weighted by Gasteiger charge is 2.35. The van der Waals surface area contributed by atoms with Crippen LogP contribution in [0.25, 0.3) is 0 Å². The number of nitrogens with zero attached hydrogens (tertiary/aromatic N) is 3. The van der Waals surface area contributed by atoms with Gasteiger partial charge in [-0.05, 0) is 61.5 Å². The Balaban J connectivity index is 2.13. The number of carbonyl (C=O) groups excluding carboxylic acids is 1. The molecule has 1 atom stereocenters. The topological polar surface area (TPSA) is 78.7 Å². The van der Waals surface area contributed by atoms with Crippen molar-refractivity contribution in [2.75, 3.05) is 19.0 Å². The molecule has 2 aromatic rings. The lowest BCUT2D eigenvalue weighted by molar-refractivity contribution is -0.384. The smallest absolute Gasteiger partial charge is 0.269 e. The number of likely N-dealkylation sites (N-methyl/N-ethyl adjacent to an activating group) is 1. The van der Waals surface area contributed by atoms with Crippen LogP contribution in [0.4, 0.5) is 11.4 Å². The minimum atomic E-state index is -0.501. The van der Waals surface area contributed by atoms with Crippen LogP contribution in [0.15, 0.2) is 59.8 Å². The number of thiocarbonyl (C=S) groups is 1. The van der Waals surface area contributed by atoms with E-state index in [1.165, 1.54) is 17.0 Å². The van der Waals surface area contributed by atoms with E-state index in [-0.39, 0.29) is 11.6 Å². The molecule has 150 valence electrons. The Hall–Kier alpha value is -3.26. The van der Waals surface area contributed by atoms with Crippen LogP contribution in [0.3, 0.4) is 0 Å². The van der Waals surface area contributed by atoms with E-state index in [9.17, 15) is 14.9 Å². The van der Waals surface area contributed by atoms with Crippen molar-refractivity contribution in [3.8, 4) is 0 Å². The van der Waals surface area contributed by atoms with Crippen molar-refractivity contribution in [1.82, 2.24) is 10.2 Å². The number of allylic oxidation sites excluding steroid dienone is 1. The van der Waals surface area contributed by atoms with Gasteiger partial charge in [-0.25, -0.2) is 0 Å². The van der Waals surface area contributed by atoms with Crippen LogP contribution in [0.5, 0.6) is 0 Å². The van der Waals surface area contributed by atoms with Gasteiger partial charge in [-0.3, -0.25) is 19.8 Å². The minimum absolute atomic E-state index is 0.00490. The molecule has 0 saturated carbocycles. The van der Waals surface area contributed by atoms with Gasteiger partial charge in [0.25, 0.3) is 11.6 Å². The molecule has 1 amide bonds. The molecule has 8 heteroatoms. The molecule has 0 unspecified atom stereocenters. The summed E-state index contributed by atoms with van der Waals surface area (Å²) in [6, 6.07) is 13.5. The second-order valence-corrected chi connectivity index (χ2v) is 7.49. The Labute approximate surface area is 174 Å². The van der Waals surface area contributed by atoms with Crippen molar-refractivity contribution in [1.29, 1.82) is 0 Å². The van der Waals surface area contributed by atoms with Crippen LogP contribution in [-0.4, -0.2) is 34.9 Å². The zero-order chi connectivity index (χ0) is 21.3. The van der Waals surface area contributed by atoms with E-state index in [0.29, 0.717) is 10.7 Å². The van der Waals surface area contributed by atoms with Crippen molar-refractivity contribution in [3.05, 3.63) is 81.0 Å². The first-order valence-electron chi connectivity index (χ1n) is 9.04. The normalized spacial score (nSPS) is 16.5. The molecule has 3 rings (SSSR count). The number of amides is 1. The molecule has 0 aliphatic carbocycles. The lowest BCUT2D eigenvalue weighted by Gasteiger charge is -2.38. The predicted octanol–water partition coefficient (Wildman–Crippen LogP) is 3.70. The standard InChI is InChI=1S/C21H22N4O3S/c1-13-6-5-7-17(12-13)24-14(2)18(20(26)23(3)4)19(22-21(24)29)15-8-10-16(11-9-15)25(27)28/h5-12,19H,1-4H3,(H,22,29)/t19-/m1/s1. The van der Waals surface area contributed by atoms with Crippen LogP contribution < -0.4 is 10.2 Å². The van der Waals surface area contributed by atoms with E-state index < -0.39 is 11.0 Å². The summed E-state index contributed by atoms with van der Waals surface area (Å²) in [6.45, 7) is 3.86. The SMILES string of the molecule is CC1=C(C(=O)N(C)C)[C@@H](c2ccc([N+](=O)[O-])cc2)NC(=S)N1c1cccc(C)c1. The highest BCUT2D eigenvalue weighted by Crippen LogP contribution is 2.35. The minimum Gasteiger partial charge on any atom is -0.351 e. The third kappa shape index (κ3) is 3.97. The molecular formula is C21H22N4O3S. The molecule has 7 nitrogen and oxygen atoms in total. The first kappa shape index (κ1) is 20.5. The number of anilines is 1. The fourth-order valence-electron chi connectivity index (χ4n) is 3.38. The van der Waals surface area contributed by atoms with Gasteiger partial charge in [0.2, 0.25) is 0 Å². The second kappa shape index (κ2) is 8.00. The van der Waals surface area contributed by atoms with Crippen LogP contribution in [0.2, 0.25) is 0 Å². The lowest BCUT2D eigenvalue weighted by Crippen LogP contribution is -2.49. The van der Waals surface area contributed by atoms with Crippen LogP contribution in [0.1, 0.15) is 24.1 Å². The molecule has 0 aromatic heterocycles. The van der Waals surface area contributed by atoms with Crippen LogP contribution >= 0.6 is 12.2 Å². The molecule has 1 heterocycles. The van der Waals surface area contributed by atoms with Crippen molar-refractivity contribution in [2.45, 2.75) is 19.9 Å². The summed E-state index contributed by atoms with van der Waals surface area (Å²) >= 11 is 5.63. The third-order valence-corrected chi connectivity index (χ3v) is 5.12. The number of hydrogen-bond donors (Lipinski definition) is 1. The van der Waals surface area contributed by atoms with Gasteiger partial charge < -0.3 is 10.2 Å². The predicted molar refractivity (Wildman–Crippen MR) is 117 cm³/mol. The maximum Gasteiger partial charge on any atom is 0.269 e. The molecule has 0 bridgehead atoms. The van der Waals surface area contributed by atoms with Crippen molar-refractivity contribution in [2.24, 2.45) is 0 Å². The number of benzene rings is 2. The largest absolute Gasteiger partial charge is 0.351 e. The molecule has 1 aliphatic rings. The first-order valence-corrected chi connectivity index (χ1v) is 9.45. The van der Waals surface area contributed by atoms with Crippen LogP contribution in [0, 0.1) is 17.0 Å². The van der Waals surface area contributed by atoms with Gasteiger partial charge in [-0.2, -0.15) is 0 Å². The molecule has 0 saturated heterocycles. The average Bonchev–Trinajstić information content (AvgIpc) is 2.67. The quantitative estimate of drug-likeness (QED) is 0.470. The Morgan fingerprint density at radius 3 is 2.38 bits per heavy atom. The third-order valence-electron chi connectivity index (χ3n) is 4.82. The molecule has 29 heavy (non-hydrogen) atoms. The molecular weight excluding hydrogens is 388 g/mol. The number of nitrogens with one attached hydrogen (secondary N) is 1. The average molecular weight is 410 g/mol. The van der Waals surface area contributed by atoms with E-state index in [1.54, 1.807) is 26.2 Å². The van der Waals surface area contributed by atoms with Gasteiger partial charge in [0.1, 0.15) is 0 Å². The number of nitro benzene ring substituents is 1. The van der Waals surface area contributed by atoms with Gasteiger partial charge >= 0.3 is 0 Å². The highest BCUT2D eigenvalue weighted by molar-refractivity contribution is 7.80. The van der Waals surface area contributed by atoms with E-state index in [1.807, 2.05) is 43.0 Å². The fraction of sp³-hybridized carbons (Fsp3) is 0.238. The van der Waals surface area contributed by atoms with E-state index in [4.69, 9.17) is 12.2 Å². The van der Waals surface area contributed by atoms with Crippen molar-refractivity contribution in [3.63, 3.8) is 0 Å². The maximum absolute atomic E-state index is 13.1. The zero-order valence-corrected chi connectivity index (χ0v) is 17.5. The molecule has 0 spiro atoms. The Kier molecular flexibility index (Phi) is 5.65. The number of non-ortho nitro benzene ring substituents is 1. The highest BCUT2D eigenvalue weighted by atomic mass is 32.1. The van der Waals surface area contributed by atoms with E-state index in [2.05, 4.69) is 5.32 Å². The number of rotatable bonds is 4. The summed E-state index contributed by atoms with van der Waals surface area (Å²) in [5, 5.41) is 14.7. The van der Waals surface area contributed by atoms with Gasteiger partial charge in [0.15, 0.2) is 5.11 Å². The first-order chi connectivity index (χ1) is 13.7. The van der Waals surface area contributed by atoms with Crippen LogP contribution in [-0.2, 0) is 4.79 Å². The molecule has 0 radical (unpaired) electrons. The summed E-state index contributed by atoms with van der Waals surface area (Å²) in [5.74, 6) is -0.154. The number of carbonyl (C=O) groups is 1. The lowest BCUT2D eigenvalue weighted by atomic mass is 9.93. The Morgan fingerprint density at radius 2 is 1.83 bits per heavy atom. The van der Waals surface area contributed by atoms with Gasteiger partial charge in [-0.1, -0.05) is 12.1 Å². The molecule has 1 N–H and O–H groups in total. The summed E-state index contributed by atoms with van der Waals surface area (Å²) in [6.07, 6.45) is 0. The Morgan fingerprint density at radius 1 is 1.17 bits per heavy atom. The zero-order valence-electron chi connectivity index (χ0n) is 16.7. The Bertz CT molecular complexity index is 1010. The fourth-order valence-corrected chi connectivity index (χ4v) is 3.74. The van der Waals surface area contributed by atoms with Gasteiger partial charge in [0, 0.05) is 37.6 Å². The number of hydrogen-bond acceptors (Lipinski definition) is 4. The van der Waals surface area contributed by atoms with Gasteiger partial charge in [0.05, 0.1) is 16.5 Å². The summed E-state index contributed by atoms with van der Waals surface area (Å²) in [7, 11) is 3.39. The summed E-state index contributed by atoms with van der Waals surface area (Å²) in [5.41, 5.74) is 3.93. The van der Waals surface area contributed by atoms with Crippen molar-refractivity contribution >= 4 is 34.6 Å². The molecule has 0 fully saturated rings. The number of aryl methyl sites for hydroxylation is 1. The van der Waals surface area contributed by atoms with Crippen molar-refractivity contribution < 1.29 is 9.72 Å². The molecule has 2 aromatic carbocycles. The van der Waals surface area contributed by atoms with E-state index >= 15 is 0 Å².